The maximum Gasteiger partial charge on any atom is 0.323 e. The molecule has 0 heterocycles. The van der Waals surface area contributed by atoms with Crippen molar-refractivity contribution < 1.29 is 23.1 Å². The Kier molecular flexibility index (Phi) is 5.38. The van der Waals surface area contributed by atoms with E-state index >= 15 is 0 Å². The number of carbonyl (C=O) groups is 1. The zero-order valence-corrected chi connectivity index (χ0v) is 12.5. The summed E-state index contributed by atoms with van der Waals surface area (Å²) in [5.74, 6) is -0.738. The molecule has 0 aliphatic carbocycles. The van der Waals surface area contributed by atoms with E-state index in [1.807, 2.05) is 13.8 Å². The van der Waals surface area contributed by atoms with Gasteiger partial charge in [0.05, 0.1) is 12.3 Å². The molecule has 0 fully saturated rings. The van der Waals surface area contributed by atoms with E-state index in [9.17, 15) is 13.2 Å². The van der Waals surface area contributed by atoms with Crippen LogP contribution in [-0.2, 0) is 14.8 Å². The van der Waals surface area contributed by atoms with Gasteiger partial charge in [0.15, 0.2) is 5.25 Å². The number of aliphatic carboxylic acids is 1. The Morgan fingerprint density at radius 1 is 1.30 bits per heavy atom. The van der Waals surface area contributed by atoms with Crippen molar-refractivity contribution in [1.82, 2.24) is 0 Å². The van der Waals surface area contributed by atoms with Gasteiger partial charge in [-0.25, -0.2) is 8.42 Å². The van der Waals surface area contributed by atoms with Crippen molar-refractivity contribution in [3.63, 3.8) is 0 Å². The van der Waals surface area contributed by atoms with Gasteiger partial charge in [-0.3, -0.25) is 9.52 Å². The zero-order chi connectivity index (χ0) is 15.3. The van der Waals surface area contributed by atoms with Crippen LogP contribution in [0.4, 0.5) is 5.69 Å². The van der Waals surface area contributed by atoms with Crippen molar-refractivity contribution in [1.29, 1.82) is 0 Å². The minimum absolute atomic E-state index is 0.237. The number of hydrogen-bond acceptors (Lipinski definition) is 4. The van der Waals surface area contributed by atoms with Crippen molar-refractivity contribution >= 4 is 21.7 Å². The van der Waals surface area contributed by atoms with E-state index in [1.54, 1.807) is 18.2 Å². The van der Waals surface area contributed by atoms with Crippen molar-refractivity contribution in [2.75, 3.05) is 11.3 Å². The van der Waals surface area contributed by atoms with E-state index in [-0.39, 0.29) is 11.6 Å². The SMILES string of the molecule is CC(C)COc1ccccc1NS(=O)(=O)C(C)C(=O)O. The Morgan fingerprint density at radius 3 is 2.45 bits per heavy atom. The summed E-state index contributed by atoms with van der Waals surface area (Å²) in [4.78, 5) is 10.8. The van der Waals surface area contributed by atoms with Gasteiger partial charge in [-0.05, 0) is 25.0 Å². The molecule has 0 bridgehead atoms. The lowest BCUT2D eigenvalue weighted by Crippen LogP contribution is -2.32. The van der Waals surface area contributed by atoms with E-state index < -0.39 is 21.2 Å². The molecule has 1 unspecified atom stereocenters. The van der Waals surface area contributed by atoms with Crippen LogP contribution in [0, 0.1) is 5.92 Å². The third-order valence-corrected chi connectivity index (χ3v) is 4.16. The molecule has 0 aromatic heterocycles. The maximum atomic E-state index is 11.9. The highest BCUT2D eigenvalue weighted by molar-refractivity contribution is 7.94. The summed E-state index contributed by atoms with van der Waals surface area (Å²) in [6, 6.07) is 6.52. The topological polar surface area (TPSA) is 92.7 Å². The summed E-state index contributed by atoms with van der Waals surface area (Å²) >= 11 is 0. The first-order chi connectivity index (χ1) is 9.24. The first-order valence-corrected chi connectivity index (χ1v) is 7.75. The highest BCUT2D eigenvalue weighted by Gasteiger charge is 2.28. The van der Waals surface area contributed by atoms with Gasteiger partial charge in [0.2, 0.25) is 10.0 Å². The summed E-state index contributed by atoms with van der Waals surface area (Å²) in [7, 11) is -4.00. The molecular formula is C13H19NO5S. The van der Waals surface area contributed by atoms with E-state index in [4.69, 9.17) is 9.84 Å². The second kappa shape index (κ2) is 6.60. The van der Waals surface area contributed by atoms with Gasteiger partial charge >= 0.3 is 5.97 Å². The molecule has 1 aromatic carbocycles. The molecule has 0 amide bonds. The number of hydrogen-bond donors (Lipinski definition) is 2. The lowest BCUT2D eigenvalue weighted by Gasteiger charge is -2.16. The molecule has 0 saturated carbocycles. The molecule has 1 aromatic rings. The molecule has 7 heteroatoms. The molecular weight excluding hydrogens is 282 g/mol. The van der Waals surface area contributed by atoms with Gasteiger partial charge in [0.1, 0.15) is 5.75 Å². The number of ether oxygens (including phenoxy) is 1. The van der Waals surface area contributed by atoms with Crippen LogP contribution in [0.3, 0.4) is 0 Å². The van der Waals surface area contributed by atoms with E-state index in [0.717, 1.165) is 6.92 Å². The van der Waals surface area contributed by atoms with Gasteiger partial charge in [-0.1, -0.05) is 26.0 Å². The number of carboxylic acids is 1. The number of carboxylic acid groups (broad SMARTS) is 1. The molecule has 6 nitrogen and oxygen atoms in total. The normalized spacial score (nSPS) is 13.0. The average Bonchev–Trinajstić information content (AvgIpc) is 2.36. The monoisotopic (exact) mass is 301 g/mol. The fourth-order valence-electron chi connectivity index (χ4n) is 1.31. The van der Waals surface area contributed by atoms with E-state index in [1.165, 1.54) is 6.07 Å². The van der Waals surface area contributed by atoms with Crippen LogP contribution in [0.1, 0.15) is 20.8 Å². The molecule has 0 saturated heterocycles. The number of para-hydroxylation sites is 2. The molecule has 2 N–H and O–H groups in total. The number of sulfonamides is 1. The van der Waals surface area contributed by atoms with Crippen LogP contribution < -0.4 is 9.46 Å². The summed E-state index contributed by atoms with van der Waals surface area (Å²) in [5, 5.41) is 7.25. The quantitative estimate of drug-likeness (QED) is 0.803. The Bertz CT molecular complexity index is 568. The summed E-state index contributed by atoms with van der Waals surface area (Å²) in [6.45, 7) is 5.49. The largest absolute Gasteiger partial charge is 0.491 e. The Hall–Kier alpha value is -1.76. The highest BCUT2D eigenvalue weighted by Crippen LogP contribution is 2.26. The van der Waals surface area contributed by atoms with Crippen LogP contribution in [0.15, 0.2) is 24.3 Å². The predicted octanol–water partition coefficient (Wildman–Crippen LogP) is 1.94. The van der Waals surface area contributed by atoms with Crippen molar-refractivity contribution in [2.24, 2.45) is 5.92 Å². The highest BCUT2D eigenvalue weighted by atomic mass is 32.2. The summed E-state index contributed by atoms with van der Waals surface area (Å²) in [5.41, 5.74) is 0.237. The molecule has 112 valence electrons. The van der Waals surface area contributed by atoms with E-state index in [2.05, 4.69) is 4.72 Å². The zero-order valence-electron chi connectivity index (χ0n) is 11.7. The van der Waals surface area contributed by atoms with Crippen molar-refractivity contribution in [3.8, 4) is 5.75 Å². The molecule has 0 spiro atoms. The molecule has 0 radical (unpaired) electrons. The van der Waals surface area contributed by atoms with Crippen LogP contribution in [0.5, 0.6) is 5.75 Å². The Labute approximate surface area is 118 Å². The Balaban J connectivity index is 2.95. The third-order valence-electron chi connectivity index (χ3n) is 2.52. The minimum Gasteiger partial charge on any atom is -0.491 e. The number of anilines is 1. The van der Waals surface area contributed by atoms with Crippen molar-refractivity contribution in [3.05, 3.63) is 24.3 Å². The van der Waals surface area contributed by atoms with Gasteiger partial charge in [0.25, 0.3) is 0 Å². The van der Waals surface area contributed by atoms with Crippen LogP contribution in [0.2, 0.25) is 0 Å². The van der Waals surface area contributed by atoms with Crippen LogP contribution >= 0.6 is 0 Å². The van der Waals surface area contributed by atoms with Gasteiger partial charge in [0, 0.05) is 0 Å². The minimum atomic E-state index is -4.00. The lowest BCUT2D eigenvalue weighted by molar-refractivity contribution is -0.136. The molecule has 1 atom stereocenters. The van der Waals surface area contributed by atoms with Gasteiger partial charge < -0.3 is 9.84 Å². The van der Waals surface area contributed by atoms with Gasteiger partial charge in [-0.2, -0.15) is 0 Å². The van der Waals surface area contributed by atoms with E-state index in [0.29, 0.717) is 12.4 Å². The number of nitrogens with one attached hydrogen (secondary N) is 1. The average molecular weight is 301 g/mol. The first kappa shape index (κ1) is 16.3. The second-order valence-electron chi connectivity index (χ2n) is 4.83. The summed E-state index contributed by atoms with van der Waals surface area (Å²) < 4.78 is 31.5. The Morgan fingerprint density at radius 2 is 1.90 bits per heavy atom. The molecule has 0 aliphatic heterocycles. The summed E-state index contributed by atoms with van der Waals surface area (Å²) in [6.07, 6.45) is 0. The van der Waals surface area contributed by atoms with Gasteiger partial charge in [-0.15, -0.1) is 0 Å². The third kappa shape index (κ3) is 4.41. The standard InChI is InChI=1S/C13H19NO5S/c1-9(2)8-19-12-7-5-4-6-11(12)14-20(17,18)10(3)13(15)16/h4-7,9-10,14H,8H2,1-3H3,(H,15,16). The maximum absolute atomic E-state index is 11.9. The fraction of sp³-hybridized carbons (Fsp3) is 0.462. The molecule has 0 aliphatic rings. The van der Waals surface area contributed by atoms with Crippen LogP contribution in [-0.4, -0.2) is 31.4 Å². The smallest absolute Gasteiger partial charge is 0.323 e. The van der Waals surface area contributed by atoms with Crippen LogP contribution in [0.25, 0.3) is 0 Å². The molecule has 20 heavy (non-hydrogen) atoms. The molecule has 1 rings (SSSR count). The number of benzene rings is 1. The number of rotatable bonds is 7. The lowest BCUT2D eigenvalue weighted by atomic mass is 10.2. The predicted molar refractivity (Wildman–Crippen MR) is 76.4 cm³/mol. The first-order valence-electron chi connectivity index (χ1n) is 6.20. The second-order valence-corrected chi connectivity index (χ2v) is 6.83. The van der Waals surface area contributed by atoms with Crippen molar-refractivity contribution in [2.45, 2.75) is 26.0 Å². The fourth-order valence-corrected chi connectivity index (χ4v) is 2.23.